The SMILES string of the molecule is CC(C)(C)OC(=O)N1Cc2c(F)cc(O)cc2C1O. The van der Waals surface area contributed by atoms with Gasteiger partial charge in [-0.05, 0) is 26.8 Å². The van der Waals surface area contributed by atoms with Crippen molar-refractivity contribution < 1.29 is 24.1 Å². The van der Waals surface area contributed by atoms with E-state index in [0.29, 0.717) is 0 Å². The van der Waals surface area contributed by atoms with Crippen LogP contribution in [-0.2, 0) is 11.3 Å². The highest BCUT2D eigenvalue weighted by Gasteiger charge is 2.36. The normalized spacial score (nSPS) is 18.4. The molecule has 1 aliphatic rings. The highest BCUT2D eigenvalue weighted by Crippen LogP contribution is 2.36. The number of carbonyl (C=O) groups is 1. The Balaban J connectivity index is 2.26. The third kappa shape index (κ3) is 2.63. The van der Waals surface area contributed by atoms with Crippen LogP contribution < -0.4 is 0 Å². The molecule has 1 atom stereocenters. The number of fused-ring (bicyclic) bond motifs is 1. The number of aliphatic hydroxyl groups excluding tert-OH is 1. The Morgan fingerprint density at radius 3 is 2.68 bits per heavy atom. The molecular weight excluding hydrogens is 253 g/mol. The van der Waals surface area contributed by atoms with Gasteiger partial charge in [-0.3, -0.25) is 4.90 Å². The molecule has 1 aliphatic heterocycles. The van der Waals surface area contributed by atoms with Gasteiger partial charge < -0.3 is 14.9 Å². The Labute approximate surface area is 110 Å². The first-order valence-electron chi connectivity index (χ1n) is 5.88. The largest absolute Gasteiger partial charge is 0.508 e. The lowest BCUT2D eigenvalue weighted by Crippen LogP contribution is -2.35. The summed E-state index contributed by atoms with van der Waals surface area (Å²) in [5.41, 5.74) is -0.328. The van der Waals surface area contributed by atoms with Crippen molar-refractivity contribution in [2.75, 3.05) is 0 Å². The maximum absolute atomic E-state index is 13.6. The molecule has 0 radical (unpaired) electrons. The average Bonchev–Trinajstić information content (AvgIpc) is 2.54. The monoisotopic (exact) mass is 269 g/mol. The molecule has 0 saturated heterocycles. The van der Waals surface area contributed by atoms with E-state index in [0.717, 1.165) is 11.0 Å². The zero-order chi connectivity index (χ0) is 14.4. The van der Waals surface area contributed by atoms with Crippen molar-refractivity contribution in [3.05, 3.63) is 29.1 Å². The Bertz CT molecular complexity index is 524. The van der Waals surface area contributed by atoms with E-state index in [9.17, 15) is 19.4 Å². The first-order valence-corrected chi connectivity index (χ1v) is 5.88. The molecule has 1 aromatic carbocycles. The van der Waals surface area contributed by atoms with Crippen LogP contribution in [0, 0.1) is 5.82 Å². The van der Waals surface area contributed by atoms with Gasteiger partial charge in [-0.25, -0.2) is 9.18 Å². The van der Waals surface area contributed by atoms with E-state index in [-0.39, 0.29) is 23.4 Å². The van der Waals surface area contributed by atoms with Gasteiger partial charge in [0.05, 0.1) is 6.54 Å². The van der Waals surface area contributed by atoms with Gasteiger partial charge >= 0.3 is 6.09 Å². The van der Waals surface area contributed by atoms with Gasteiger partial charge in [-0.1, -0.05) is 0 Å². The first-order chi connectivity index (χ1) is 8.69. The molecule has 0 aromatic heterocycles. The van der Waals surface area contributed by atoms with E-state index in [2.05, 4.69) is 0 Å². The number of amides is 1. The fraction of sp³-hybridized carbons (Fsp3) is 0.462. The molecule has 0 fully saturated rings. The van der Waals surface area contributed by atoms with Gasteiger partial charge in [-0.2, -0.15) is 0 Å². The van der Waals surface area contributed by atoms with E-state index in [4.69, 9.17) is 4.74 Å². The van der Waals surface area contributed by atoms with Crippen LogP contribution in [0.5, 0.6) is 5.75 Å². The van der Waals surface area contributed by atoms with Crippen LogP contribution in [0.4, 0.5) is 9.18 Å². The van der Waals surface area contributed by atoms with Crippen molar-refractivity contribution >= 4 is 6.09 Å². The third-order valence-corrected chi connectivity index (χ3v) is 2.74. The summed E-state index contributed by atoms with van der Waals surface area (Å²) in [6, 6.07) is 2.19. The van der Waals surface area contributed by atoms with Crippen molar-refractivity contribution in [3.8, 4) is 5.75 Å². The van der Waals surface area contributed by atoms with E-state index in [1.165, 1.54) is 6.07 Å². The van der Waals surface area contributed by atoms with Crippen molar-refractivity contribution in [1.82, 2.24) is 4.90 Å². The van der Waals surface area contributed by atoms with Gasteiger partial charge in [0.15, 0.2) is 6.23 Å². The number of nitrogens with zero attached hydrogens (tertiary/aromatic N) is 1. The molecule has 104 valence electrons. The molecule has 0 spiro atoms. The number of benzene rings is 1. The minimum atomic E-state index is -1.31. The summed E-state index contributed by atoms with van der Waals surface area (Å²) in [5, 5.41) is 19.3. The zero-order valence-electron chi connectivity index (χ0n) is 11.0. The first kappa shape index (κ1) is 13.6. The number of aliphatic hydroxyl groups is 1. The number of hydrogen-bond acceptors (Lipinski definition) is 4. The smallest absolute Gasteiger partial charge is 0.412 e. The molecule has 1 amide bonds. The summed E-state index contributed by atoms with van der Waals surface area (Å²) in [6.07, 6.45) is -2.04. The van der Waals surface area contributed by atoms with Gasteiger partial charge in [-0.15, -0.1) is 0 Å². The third-order valence-electron chi connectivity index (χ3n) is 2.74. The number of phenolic OH excluding ortho intramolecular Hbond substituents is 1. The van der Waals surface area contributed by atoms with Gasteiger partial charge in [0.25, 0.3) is 0 Å². The van der Waals surface area contributed by atoms with Crippen molar-refractivity contribution in [1.29, 1.82) is 0 Å². The molecule has 2 rings (SSSR count). The van der Waals surface area contributed by atoms with E-state index >= 15 is 0 Å². The molecule has 1 heterocycles. The second-order valence-corrected chi connectivity index (χ2v) is 5.48. The molecule has 19 heavy (non-hydrogen) atoms. The number of aromatic hydroxyl groups is 1. The quantitative estimate of drug-likeness (QED) is 0.758. The van der Waals surface area contributed by atoms with E-state index < -0.39 is 23.7 Å². The predicted molar refractivity (Wildman–Crippen MR) is 64.8 cm³/mol. The van der Waals surface area contributed by atoms with Crippen molar-refractivity contribution in [2.45, 2.75) is 39.1 Å². The number of halogens is 1. The highest BCUT2D eigenvalue weighted by atomic mass is 19.1. The summed E-state index contributed by atoms with van der Waals surface area (Å²) in [7, 11) is 0. The molecule has 0 aliphatic carbocycles. The van der Waals surface area contributed by atoms with Crippen LogP contribution in [0.15, 0.2) is 12.1 Å². The second-order valence-electron chi connectivity index (χ2n) is 5.48. The number of phenols is 1. The zero-order valence-corrected chi connectivity index (χ0v) is 11.0. The lowest BCUT2D eigenvalue weighted by Gasteiger charge is -2.26. The fourth-order valence-electron chi connectivity index (χ4n) is 1.95. The lowest BCUT2D eigenvalue weighted by molar-refractivity contribution is -0.0258. The maximum atomic E-state index is 13.6. The topological polar surface area (TPSA) is 70.0 Å². The van der Waals surface area contributed by atoms with Crippen LogP contribution in [0.2, 0.25) is 0 Å². The summed E-state index contributed by atoms with van der Waals surface area (Å²) >= 11 is 0. The van der Waals surface area contributed by atoms with Gasteiger partial charge in [0, 0.05) is 17.2 Å². The molecule has 1 unspecified atom stereocenters. The van der Waals surface area contributed by atoms with Crippen LogP contribution in [0.1, 0.15) is 38.1 Å². The summed E-state index contributed by atoms with van der Waals surface area (Å²) in [5.74, 6) is -0.943. The predicted octanol–water partition coefficient (Wildman–Crippen LogP) is 2.27. The maximum Gasteiger partial charge on any atom is 0.412 e. The summed E-state index contributed by atoms with van der Waals surface area (Å²) in [4.78, 5) is 12.9. The average molecular weight is 269 g/mol. The van der Waals surface area contributed by atoms with Crippen LogP contribution in [-0.4, -0.2) is 26.8 Å². The van der Waals surface area contributed by atoms with E-state index in [1.54, 1.807) is 20.8 Å². The Kier molecular flexibility index (Phi) is 3.14. The van der Waals surface area contributed by atoms with Gasteiger partial charge in [0.2, 0.25) is 0 Å². The Hall–Kier alpha value is -1.82. The molecule has 1 aromatic rings. The van der Waals surface area contributed by atoms with Crippen molar-refractivity contribution in [2.24, 2.45) is 0 Å². The highest BCUT2D eigenvalue weighted by molar-refractivity contribution is 5.70. The van der Waals surface area contributed by atoms with Gasteiger partial charge in [0.1, 0.15) is 17.2 Å². The fourth-order valence-corrected chi connectivity index (χ4v) is 1.95. The molecular formula is C13H16FNO4. The van der Waals surface area contributed by atoms with Crippen LogP contribution in [0.3, 0.4) is 0 Å². The second kappa shape index (κ2) is 4.38. The molecule has 2 N–H and O–H groups in total. The standard InChI is InChI=1S/C13H16FNO4/c1-13(2,3)19-12(18)15-6-9-8(11(15)17)4-7(16)5-10(9)14/h4-5,11,16-17H,6H2,1-3H3. The molecule has 0 saturated carbocycles. The number of ether oxygens (including phenoxy) is 1. The molecule has 0 bridgehead atoms. The number of carbonyl (C=O) groups excluding carboxylic acids is 1. The van der Waals surface area contributed by atoms with Crippen molar-refractivity contribution in [3.63, 3.8) is 0 Å². The van der Waals surface area contributed by atoms with Crippen LogP contribution in [0.25, 0.3) is 0 Å². The molecule has 6 heteroatoms. The number of rotatable bonds is 0. The Morgan fingerprint density at radius 2 is 2.11 bits per heavy atom. The minimum Gasteiger partial charge on any atom is -0.508 e. The lowest BCUT2D eigenvalue weighted by atomic mass is 10.1. The summed E-state index contributed by atoms with van der Waals surface area (Å²) in [6.45, 7) is 5.02. The Morgan fingerprint density at radius 1 is 1.47 bits per heavy atom. The minimum absolute atomic E-state index is 0.0858. The summed E-state index contributed by atoms with van der Waals surface area (Å²) < 4.78 is 18.8. The van der Waals surface area contributed by atoms with E-state index in [1.807, 2.05) is 0 Å². The molecule has 5 nitrogen and oxygen atoms in total. The van der Waals surface area contributed by atoms with Crippen LogP contribution >= 0.6 is 0 Å². The number of hydrogen-bond donors (Lipinski definition) is 2.